The second kappa shape index (κ2) is 12.6. The summed E-state index contributed by atoms with van der Waals surface area (Å²) in [5.74, 6) is 1.94. The average molecular weight is 746 g/mol. The van der Waals surface area contributed by atoms with Crippen molar-refractivity contribution in [3.05, 3.63) is 188 Å². The number of para-hydroxylation sites is 3. The highest BCUT2D eigenvalue weighted by Crippen LogP contribution is 2.44. The summed E-state index contributed by atoms with van der Waals surface area (Å²) < 4.78 is 7.37. The molecule has 0 N–H and O–H groups in total. The largest absolute Gasteiger partial charge is 0.309 e. The predicted molar refractivity (Wildman–Crippen MR) is 238 cm³/mol. The Morgan fingerprint density at radius 1 is 0.333 bits per heavy atom. The van der Waals surface area contributed by atoms with Crippen LogP contribution in [0.4, 0.5) is 0 Å². The van der Waals surface area contributed by atoms with E-state index >= 15 is 0 Å². The van der Waals surface area contributed by atoms with Crippen LogP contribution in [-0.2, 0) is 0 Å². The molecule has 0 amide bonds. The first-order valence-corrected chi connectivity index (χ1v) is 19.9. The van der Waals surface area contributed by atoms with Gasteiger partial charge in [0.2, 0.25) is 0 Å². The van der Waals surface area contributed by atoms with Crippen molar-refractivity contribution in [3.63, 3.8) is 0 Å². The summed E-state index contributed by atoms with van der Waals surface area (Å²) in [7, 11) is 0. The lowest BCUT2D eigenvalue weighted by atomic mass is 10.1. The molecule has 6 heteroatoms. The van der Waals surface area contributed by atoms with Crippen LogP contribution in [0.2, 0.25) is 0 Å². The van der Waals surface area contributed by atoms with Crippen LogP contribution in [0.25, 0.3) is 109 Å². The van der Waals surface area contributed by atoms with Crippen molar-refractivity contribution >= 4 is 75.1 Å². The lowest BCUT2D eigenvalue weighted by Crippen LogP contribution is -2.00. The van der Waals surface area contributed by atoms with Gasteiger partial charge in [-0.2, -0.15) is 0 Å². The maximum absolute atomic E-state index is 5.07. The molecule has 0 aliphatic rings. The second-order valence-electron chi connectivity index (χ2n) is 14.4. The van der Waals surface area contributed by atoms with E-state index in [1.807, 2.05) is 72.0 Å². The van der Waals surface area contributed by atoms with Gasteiger partial charge < -0.3 is 9.13 Å². The number of benzene rings is 8. The number of thiophene rings is 1. The highest BCUT2D eigenvalue weighted by molar-refractivity contribution is 7.26. The minimum absolute atomic E-state index is 0.638. The lowest BCUT2D eigenvalue weighted by molar-refractivity contribution is 1.07. The molecular formula is C51H31N5S. The third kappa shape index (κ3) is 4.98. The Hall–Kier alpha value is -7.41. The fraction of sp³-hybridized carbons (Fsp3) is 0. The minimum Gasteiger partial charge on any atom is -0.309 e. The summed E-state index contributed by atoms with van der Waals surface area (Å²) in [6.07, 6.45) is 0. The first kappa shape index (κ1) is 31.9. The molecule has 0 radical (unpaired) electrons. The van der Waals surface area contributed by atoms with Gasteiger partial charge in [0.15, 0.2) is 17.5 Å². The van der Waals surface area contributed by atoms with E-state index in [0.29, 0.717) is 17.5 Å². The van der Waals surface area contributed by atoms with Crippen molar-refractivity contribution in [1.29, 1.82) is 0 Å². The quantitative estimate of drug-likeness (QED) is 0.176. The zero-order valence-corrected chi connectivity index (χ0v) is 31.4. The Bertz CT molecular complexity index is 3400. The standard InChI is InChI=1S/C51H31N5S/c1-4-15-32(16-5-1)49-52-50(33-17-6-2-7-18-33)54-51(53-49)34-27-28-38-40-30-41-39-23-14-26-44(56-42-24-12-10-21-36(42)37-22-11-13-25-43(37)56)48(39)57-47(41)31-46(40)55(45(38)29-34)35-19-8-3-9-20-35/h1-31H. The Kier molecular flexibility index (Phi) is 7.03. The highest BCUT2D eigenvalue weighted by Gasteiger charge is 2.20. The van der Waals surface area contributed by atoms with Crippen LogP contribution >= 0.6 is 11.3 Å². The molecule has 12 rings (SSSR count). The molecule has 5 nitrogen and oxygen atoms in total. The van der Waals surface area contributed by atoms with Crippen LogP contribution in [0.15, 0.2) is 188 Å². The molecule has 8 aromatic carbocycles. The molecule has 0 saturated heterocycles. The van der Waals surface area contributed by atoms with Crippen molar-refractivity contribution < 1.29 is 0 Å². The molecule has 4 heterocycles. The van der Waals surface area contributed by atoms with Gasteiger partial charge >= 0.3 is 0 Å². The molecule has 0 fully saturated rings. The van der Waals surface area contributed by atoms with Crippen LogP contribution in [0.5, 0.6) is 0 Å². The average Bonchev–Trinajstić information content (AvgIpc) is 3.93. The maximum atomic E-state index is 5.07. The van der Waals surface area contributed by atoms with E-state index in [1.54, 1.807) is 0 Å². The lowest BCUT2D eigenvalue weighted by Gasteiger charge is -2.10. The third-order valence-corrected chi connectivity index (χ3v) is 12.3. The summed E-state index contributed by atoms with van der Waals surface area (Å²) >= 11 is 1.87. The first-order chi connectivity index (χ1) is 28.3. The van der Waals surface area contributed by atoms with Gasteiger partial charge in [-0.15, -0.1) is 11.3 Å². The van der Waals surface area contributed by atoms with Crippen LogP contribution < -0.4 is 0 Å². The molecular weight excluding hydrogens is 715 g/mol. The van der Waals surface area contributed by atoms with Gasteiger partial charge in [0.05, 0.1) is 32.5 Å². The summed E-state index contributed by atoms with van der Waals surface area (Å²) in [5.41, 5.74) is 9.85. The topological polar surface area (TPSA) is 48.5 Å². The Balaban J connectivity index is 1.10. The number of hydrogen-bond donors (Lipinski definition) is 0. The van der Waals surface area contributed by atoms with Crippen LogP contribution in [0, 0.1) is 0 Å². The number of aromatic nitrogens is 5. The molecule has 0 bridgehead atoms. The fourth-order valence-corrected chi connectivity index (χ4v) is 9.80. The fourth-order valence-electron chi connectivity index (χ4n) is 8.58. The normalized spacial score (nSPS) is 11.9. The Labute approximate surface area is 331 Å². The Morgan fingerprint density at radius 2 is 0.860 bits per heavy atom. The molecule has 57 heavy (non-hydrogen) atoms. The molecule has 0 unspecified atom stereocenters. The van der Waals surface area contributed by atoms with Crippen molar-refractivity contribution in [1.82, 2.24) is 24.1 Å². The zero-order valence-electron chi connectivity index (χ0n) is 30.5. The van der Waals surface area contributed by atoms with Crippen LogP contribution in [-0.4, -0.2) is 24.1 Å². The minimum atomic E-state index is 0.638. The van der Waals surface area contributed by atoms with E-state index in [9.17, 15) is 0 Å². The number of rotatable bonds is 5. The van der Waals surface area contributed by atoms with Gasteiger partial charge in [-0.1, -0.05) is 140 Å². The van der Waals surface area contributed by atoms with Gasteiger partial charge in [0, 0.05) is 59.4 Å². The third-order valence-electron chi connectivity index (χ3n) is 11.2. The second-order valence-corrected chi connectivity index (χ2v) is 15.5. The van der Waals surface area contributed by atoms with E-state index in [4.69, 9.17) is 15.0 Å². The van der Waals surface area contributed by atoms with Gasteiger partial charge in [0.25, 0.3) is 0 Å². The van der Waals surface area contributed by atoms with Crippen molar-refractivity contribution in [2.45, 2.75) is 0 Å². The van der Waals surface area contributed by atoms with Gasteiger partial charge in [0.1, 0.15) is 0 Å². The first-order valence-electron chi connectivity index (χ1n) is 19.1. The van der Waals surface area contributed by atoms with E-state index in [0.717, 1.165) is 33.4 Å². The van der Waals surface area contributed by atoms with Crippen molar-refractivity contribution in [2.75, 3.05) is 0 Å². The summed E-state index contributed by atoms with van der Waals surface area (Å²) in [4.78, 5) is 15.1. The Morgan fingerprint density at radius 3 is 1.51 bits per heavy atom. The van der Waals surface area contributed by atoms with Gasteiger partial charge in [-0.3, -0.25) is 0 Å². The molecule has 4 aromatic heterocycles. The molecule has 0 atom stereocenters. The zero-order chi connectivity index (χ0) is 37.5. The highest BCUT2D eigenvalue weighted by atomic mass is 32.1. The maximum Gasteiger partial charge on any atom is 0.164 e. The summed E-state index contributed by atoms with van der Waals surface area (Å²) in [6, 6.07) is 66.6. The van der Waals surface area contributed by atoms with E-state index in [2.05, 4.69) is 137 Å². The van der Waals surface area contributed by atoms with Crippen LogP contribution in [0.1, 0.15) is 0 Å². The van der Waals surface area contributed by atoms with Crippen molar-refractivity contribution in [3.8, 4) is 45.5 Å². The summed E-state index contributed by atoms with van der Waals surface area (Å²) in [5, 5.41) is 7.45. The molecule has 266 valence electrons. The molecule has 12 aromatic rings. The molecule has 0 saturated carbocycles. The van der Waals surface area contributed by atoms with Crippen LogP contribution in [0.3, 0.4) is 0 Å². The molecule has 0 aliphatic heterocycles. The molecule has 0 aliphatic carbocycles. The monoisotopic (exact) mass is 745 g/mol. The number of nitrogens with zero attached hydrogens (tertiary/aromatic N) is 5. The van der Waals surface area contributed by atoms with Crippen molar-refractivity contribution in [2.24, 2.45) is 0 Å². The van der Waals surface area contributed by atoms with Gasteiger partial charge in [-0.25, -0.2) is 15.0 Å². The van der Waals surface area contributed by atoms with Gasteiger partial charge in [-0.05, 0) is 48.5 Å². The number of hydrogen-bond acceptors (Lipinski definition) is 4. The van der Waals surface area contributed by atoms with E-state index < -0.39 is 0 Å². The predicted octanol–water partition coefficient (Wildman–Crippen LogP) is 13.4. The summed E-state index contributed by atoms with van der Waals surface area (Å²) in [6.45, 7) is 0. The van der Waals surface area contributed by atoms with E-state index in [-0.39, 0.29) is 0 Å². The molecule has 0 spiro atoms. The smallest absolute Gasteiger partial charge is 0.164 e. The number of fused-ring (bicyclic) bond motifs is 9. The SMILES string of the molecule is c1ccc(-c2nc(-c3ccccc3)nc(-c3ccc4c5cc6c(cc5n(-c5ccccc5)c4c3)sc3c(-n4c5ccccc5c5ccccc54)cccc36)n2)cc1. The van der Waals surface area contributed by atoms with E-state index in [1.165, 1.54) is 58.4 Å².